The summed E-state index contributed by atoms with van der Waals surface area (Å²) in [6, 6.07) is 10.3. The number of aryl methyl sites for hydroxylation is 3. The van der Waals surface area contributed by atoms with Crippen LogP contribution in [0.5, 0.6) is 0 Å². The number of nitrogens with zero attached hydrogens (tertiary/aromatic N) is 4. The van der Waals surface area contributed by atoms with Crippen LogP contribution in [0.15, 0.2) is 34.9 Å². The summed E-state index contributed by atoms with van der Waals surface area (Å²) in [7, 11) is 0. The monoisotopic (exact) mass is 379 g/mol. The van der Waals surface area contributed by atoms with Crippen molar-refractivity contribution in [3.63, 3.8) is 0 Å². The molecule has 0 unspecified atom stereocenters. The lowest BCUT2D eigenvalue weighted by atomic mass is 9.89. The second-order valence-corrected chi connectivity index (χ2v) is 7.51. The number of aromatic nitrogens is 4. The van der Waals surface area contributed by atoms with Gasteiger partial charge >= 0.3 is 0 Å². The van der Waals surface area contributed by atoms with Gasteiger partial charge in [-0.1, -0.05) is 35.5 Å². The molecule has 146 valence electrons. The third-order valence-electron chi connectivity index (χ3n) is 5.63. The third-order valence-corrected chi connectivity index (χ3v) is 5.63. The molecule has 28 heavy (non-hydrogen) atoms. The van der Waals surface area contributed by atoms with Crippen LogP contribution in [-0.2, 0) is 11.2 Å². The highest BCUT2D eigenvalue weighted by molar-refractivity contribution is 5.77. The summed E-state index contributed by atoms with van der Waals surface area (Å²) in [6.45, 7) is 7.05. The first-order valence-corrected chi connectivity index (χ1v) is 9.66. The van der Waals surface area contributed by atoms with Crippen molar-refractivity contribution in [1.29, 1.82) is 0 Å². The van der Waals surface area contributed by atoms with E-state index in [1.54, 1.807) is 0 Å². The molecule has 1 aliphatic rings. The molecule has 0 radical (unpaired) electrons. The summed E-state index contributed by atoms with van der Waals surface area (Å²) in [4.78, 5) is 19.3. The molecule has 2 aromatic heterocycles. The molecule has 4 rings (SSSR count). The number of amides is 1. The van der Waals surface area contributed by atoms with Crippen LogP contribution in [0, 0.1) is 20.8 Å². The fourth-order valence-corrected chi connectivity index (χ4v) is 4.09. The number of carbonyl (C=O) groups is 1. The van der Waals surface area contributed by atoms with Crippen molar-refractivity contribution in [2.24, 2.45) is 0 Å². The Balaban J connectivity index is 1.51. The molecule has 1 N–H and O–H groups in total. The van der Waals surface area contributed by atoms with Gasteiger partial charge in [-0.15, -0.1) is 0 Å². The van der Waals surface area contributed by atoms with E-state index in [0.29, 0.717) is 37.6 Å². The van der Waals surface area contributed by atoms with E-state index in [9.17, 15) is 4.79 Å². The lowest BCUT2D eigenvalue weighted by molar-refractivity contribution is -0.130. The summed E-state index contributed by atoms with van der Waals surface area (Å²) < 4.78 is 5.47. The molecule has 2 atom stereocenters. The molecule has 0 saturated carbocycles. The number of carbonyl (C=O) groups excluding carboxylic acids is 1. The van der Waals surface area contributed by atoms with Gasteiger partial charge in [0.2, 0.25) is 11.8 Å². The van der Waals surface area contributed by atoms with Crippen molar-refractivity contribution in [2.45, 2.75) is 45.4 Å². The number of nitrogens with one attached hydrogen (secondary N) is 1. The molecule has 1 amide bonds. The summed E-state index contributed by atoms with van der Waals surface area (Å²) in [5.74, 6) is 1.56. The summed E-state index contributed by atoms with van der Waals surface area (Å²) >= 11 is 0. The van der Waals surface area contributed by atoms with Gasteiger partial charge in [-0.25, -0.2) is 0 Å². The smallest absolute Gasteiger partial charge is 0.232 e. The first-order chi connectivity index (χ1) is 13.5. The lowest BCUT2D eigenvalue weighted by Crippen LogP contribution is -2.29. The van der Waals surface area contributed by atoms with Crippen LogP contribution < -0.4 is 0 Å². The van der Waals surface area contributed by atoms with Gasteiger partial charge in [0.25, 0.3) is 0 Å². The van der Waals surface area contributed by atoms with Crippen LogP contribution in [0.2, 0.25) is 0 Å². The van der Waals surface area contributed by atoms with Gasteiger partial charge in [-0.3, -0.25) is 9.89 Å². The van der Waals surface area contributed by atoms with Crippen LogP contribution in [0.4, 0.5) is 0 Å². The third kappa shape index (κ3) is 3.56. The van der Waals surface area contributed by atoms with Gasteiger partial charge in [-0.05, 0) is 38.3 Å². The molecule has 3 heterocycles. The Morgan fingerprint density at radius 1 is 1.18 bits per heavy atom. The van der Waals surface area contributed by atoms with Crippen molar-refractivity contribution in [3.8, 4) is 0 Å². The minimum Gasteiger partial charge on any atom is -0.341 e. The molecular formula is C21H25N5O2. The minimum absolute atomic E-state index is 0.0185. The first-order valence-electron chi connectivity index (χ1n) is 9.66. The summed E-state index contributed by atoms with van der Waals surface area (Å²) in [5, 5.41) is 11.2. The number of hydrogen-bond donors (Lipinski definition) is 1. The SMILES string of the molecule is Cc1noc([C@H]2CN(C(=O)CCc3c(C)n[nH]c3C)C[C@H]2c2ccccc2)n1. The Bertz CT molecular complexity index is 943. The number of hydrogen-bond acceptors (Lipinski definition) is 5. The number of benzene rings is 1. The van der Waals surface area contributed by atoms with E-state index in [1.807, 2.05) is 43.9 Å². The fourth-order valence-electron chi connectivity index (χ4n) is 4.09. The molecule has 1 fully saturated rings. The van der Waals surface area contributed by atoms with Gasteiger partial charge < -0.3 is 9.42 Å². The second kappa shape index (κ2) is 7.58. The average Bonchev–Trinajstić information content (AvgIpc) is 3.40. The van der Waals surface area contributed by atoms with E-state index in [0.717, 1.165) is 17.0 Å². The normalized spacial score (nSPS) is 19.3. The topological polar surface area (TPSA) is 87.9 Å². The zero-order valence-corrected chi connectivity index (χ0v) is 16.5. The van der Waals surface area contributed by atoms with Crippen molar-refractivity contribution < 1.29 is 9.32 Å². The standard InChI is InChI=1S/C21H25N5O2/c1-13-17(14(2)24-23-13)9-10-20(27)26-11-18(16-7-5-4-6-8-16)19(12-26)21-22-15(3)25-28-21/h4-8,18-19H,9-12H2,1-3H3,(H,23,24)/t18-,19-/m0/s1. The van der Waals surface area contributed by atoms with Crippen LogP contribution >= 0.6 is 0 Å². The van der Waals surface area contributed by atoms with E-state index in [2.05, 4.69) is 32.5 Å². The van der Waals surface area contributed by atoms with Crippen LogP contribution in [0.1, 0.15) is 52.5 Å². The zero-order valence-electron chi connectivity index (χ0n) is 16.5. The van der Waals surface area contributed by atoms with Crippen molar-refractivity contribution >= 4 is 5.91 Å². The van der Waals surface area contributed by atoms with Crippen molar-refractivity contribution in [2.75, 3.05) is 13.1 Å². The highest BCUT2D eigenvalue weighted by Gasteiger charge is 2.40. The van der Waals surface area contributed by atoms with E-state index in [4.69, 9.17) is 4.52 Å². The predicted octanol–water partition coefficient (Wildman–Crippen LogP) is 3.06. The molecule has 7 heteroatoms. The van der Waals surface area contributed by atoms with E-state index < -0.39 is 0 Å². The van der Waals surface area contributed by atoms with Crippen molar-refractivity contribution in [1.82, 2.24) is 25.2 Å². The van der Waals surface area contributed by atoms with Crippen LogP contribution in [0.3, 0.4) is 0 Å². The lowest BCUT2D eigenvalue weighted by Gasteiger charge is -2.16. The van der Waals surface area contributed by atoms with E-state index in [-0.39, 0.29) is 17.7 Å². The average molecular weight is 379 g/mol. The second-order valence-electron chi connectivity index (χ2n) is 7.51. The summed E-state index contributed by atoms with van der Waals surface area (Å²) in [6.07, 6.45) is 1.17. The maximum absolute atomic E-state index is 13.0. The van der Waals surface area contributed by atoms with E-state index in [1.165, 1.54) is 5.56 Å². The Morgan fingerprint density at radius 3 is 2.57 bits per heavy atom. The van der Waals surface area contributed by atoms with Gasteiger partial charge in [0.1, 0.15) is 0 Å². The molecule has 1 saturated heterocycles. The Hall–Kier alpha value is -2.96. The zero-order chi connectivity index (χ0) is 19.7. The predicted molar refractivity (Wildman–Crippen MR) is 104 cm³/mol. The molecule has 0 spiro atoms. The molecule has 0 bridgehead atoms. The van der Waals surface area contributed by atoms with Crippen LogP contribution in [-0.4, -0.2) is 44.2 Å². The molecule has 0 aliphatic carbocycles. The maximum atomic E-state index is 13.0. The molecular weight excluding hydrogens is 354 g/mol. The molecule has 1 aliphatic heterocycles. The molecule has 3 aromatic rings. The first kappa shape index (κ1) is 18.4. The molecule has 1 aromatic carbocycles. The summed E-state index contributed by atoms with van der Waals surface area (Å²) in [5.41, 5.74) is 4.33. The maximum Gasteiger partial charge on any atom is 0.232 e. The minimum atomic E-state index is 0.0185. The van der Waals surface area contributed by atoms with Gasteiger partial charge in [0, 0.05) is 31.1 Å². The Kier molecular flexibility index (Phi) is 4.98. The number of aromatic amines is 1. The quantitative estimate of drug-likeness (QED) is 0.736. The largest absolute Gasteiger partial charge is 0.341 e. The van der Waals surface area contributed by atoms with Gasteiger partial charge in [0.15, 0.2) is 5.82 Å². The number of likely N-dealkylation sites (tertiary alicyclic amines) is 1. The van der Waals surface area contributed by atoms with Gasteiger partial charge in [0.05, 0.1) is 11.6 Å². The number of rotatable bonds is 5. The highest BCUT2D eigenvalue weighted by atomic mass is 16.5. The van der Waals surface area contributed by atoms with Crippen molar-refractivity contribution in [3.05, 3.63) is 64.6 Å². The Morgan fingerprint density at radius 2 is 1.93 bits per heavy atom. The highest BCUT2D eigenvalue weighted by Crippen LogP contribution is 2.39. The van der Waals surface area contributed by atoms with Gasteiger partial charge in [-0.2, -0.15) is 10.1 Å². The Labute approximate surface area is 164 Å². The fraction of sp³-hybridized carbons (Fsp3) is 0.429. The van der Waals surface area contributed by atoms with Crippen LogP contribution in [0.25, 0.3) is 0 Å². The number of H-pyrrole nitrogens is 1. The van der Waals surface area contributed by atoms with E-state index >= 15 is 0 Å². The molecule has 7 nitrogen and oxygen atoms in total.